The van der Waals surface area contributed by atoms with Crippen LogP contribution < -0.4 is 5.32 Å². The van der Waals surface area contributed by atoms with Gasteiger partial charge in [0.2, 0.25) is 0 Å². The van der Waals surface area contributed by atoms with Gasteiger partial charge in [-0.3, -0.25) is 0 Å². The molecule has 1 saturated carbocycles. The summed E-state index contributed by atoms with van der Waals surface area (Å²) in [7, 11) is 1.37. The second-order valence-electron chi connectivity index (χ2n) is 10.6. The fourth-order valence-electron chi connectivity index (χ4n) is 5.09. The molecule has 196 valence electrons. The van der Waals surface area contributed by atoms with Gasteiger partial charge < -0.3 is 24.4 Å². The maximum atomic E-state index is 13.4. The summed E-state index contributed by atoms with van der Waals surface area (Å²) in [5.74, 6) is 5.82. The Morgan fingerprint density at radius 2 is 2.00 bits per heavy atom. The van der Waals surface area contributed by atoms with Crippen molar-refractivity contribution in [2.24, 2.45) is 5.92 Å². The molecule has 1 aliphatic heterocycles. The van der Waals surface area contributed by atoms with E-state index in [9.17, 15) is 14.4 Å². The van der Waals surface area contributed by atoms with Gasteiger partial charge in [0.05, 0.1) is 7.11 Å². The number of carbonyl (C=O) groups is 3. The first-order valence-electron chi connectivity index (χ1n) is 12.6. The number of nitrogens with zero attached hydrogens (tertiary/aromatic N) is 1. The second-order valence-corrected chi connectivity index (χ2v) is 10.6. The van der Waals surface area contributed by atoms with Crippen molar-refractivity contribution < 1.29 is 28.6 Å². The molecule has 0 aromatic heterocycles. The molecule has 1 aromatic rings. The van der Waals surface area contributed by atoms with E-state index in [1.807, 2.05) is 31.2 Å². The molecular formula is C28H38N2O6. The number of carbonyl (C=O) groups excluding carboxylic acids is 3. The Hall–Kier alpha value is -3.21. The number of rotatable bonds is 4. The van der Waals surface area contributed by atoms with Crippen LogP contribution in [0, 0.1) is 24.7 Å². The van der Waals surface area contributed by atoms with Crippen molar-refractivity contribution in [1.29, 1.82) is 0 Å². The van der Waals surface area contributed by atoms with Crippen LogP contribution in [0.2, 0.25) is 0 Å². The number of methoxy groups -OCH3 is 1. The minimum Gasteiger partial charge on any atom is -0.453 e. The van der Waals surface area contributed by atoms with Gasteiger partial charge in [0.1, 0.15) is 11.6 Å². The highest BCUT2D eigenvalue weighted by molar-refractivity contribution is 5.82. The number of alkyl carbamates (subject to hydrolysis) is 1. The number of hydrogen-bond donors (Lipinski definition) is 1. The smallest absolute Gasteiger partial charge is 0.409 e. The third-order valence-corrected chi connectivity index (χ3v) is 6.70. The van der Waals surface area contributed by atoms with E-state index in [0.29, 0.717) is 25.8 Å². The maximum absolute atomic E-state index is 13.4. The van der Waals surface area contributed by atoms with Gasteiger partial charge in [0.25, 0.3) is 0 Å². The Labute approximate surface area is 214 Å². The minimum atomic E-state index is -1.09. The average Bonchev–Trinajstić information content (AvgIpc) is 3.25. The summed E-state index contributed by atoms with van der Waals surface area (Å²) in [5, 5.41) is 2.64. The van der Waals surface area contributed by atoms with E-state index in [-0.39, 0.29) is 18.1 Å². The number of esters is 1. The number of hydrogen-bond acceptors (Lipinski definition) is 6. The second kappa shape index (κ2) is 11.2. The van der Waals surface area contributed by atoms with Crippen molar-refractivity contribution in [3.8, 4) is 11.8 Å². The molecule has 4 atom stereocenters. The van der Waals surface area contributed by atoms with E-state index in [1.165, 1.54) is 7.11 Å². The molecule has 1 aromatic carbocycles. The zero-order chi connectivity index (χ0) is 26.5. The van der Waals surface area contributed by atoms with Gasteiger partial charge in [-0.25, -0.2) is 14.4 Å². The summed E-state index contributed by atoms with van der Waals surface area (Å²) >= 11 is 0. The molecule has 36 heavy (non-hydrogen) atoms. The maximum Gasteiger partial charge on any atom is 0.409 e. The molecule has 8 nitrogen and oxygen atoms in total. The molecule has 0 unspecified atom stereocenters. The van der Waals surface area contributed by atoms with Gasteiger partial charge in [0, 0.05) is 24.1 Å². The number of nitrogens with one attached hydrogen (secondary N) is 1. The number of aryl methyl sites for hydroxylation is 1. The molecular weight excluding hydrogens is 460 g/mol. The molecule has 1 saturated heterocycles. The summed E-state index contributed by atoms with van der Waals surface area (Å²) < 4.78 is 16.6. The quantitative estimate of drug-likeness (QED) is 0.371. The summed E-state index contributed by atoms with van der Waals surface area (Å²) in [5.41, 5.74) is 0.133. The van der Waals surface area contributed by atoms with Crippen LogP contribution in [0.5, 0.6) is 0 Å². The molecule has 0 radical (unpaired) electrons. The first kappa shape index (κ1) is 27.4. The zero-order valence-corrected chi connectivity index (χ0v) is 22.2. The molecule has 0 spiro atoms. The van der Waals surface area contributed by atoms with Crippen molar-refractivity contribution in [2.75, 3.05) is 13.7 Å². The van der Waals surface area contributed by atoms with E-state index < -0.39 is 29.3 Å². The Kier molecular flexibility index (Phi) is 8.55. The predicted octanol–water partition coefficient (Wildman–Crippen LogP) is 4.57. The van der Waals surface area contributed by atoms with Gasteiger partial charge in [-0.05, 0) is 83.4 Å². The molecule has 2 amide bonds. The summed E-state index contributed by atoms with van der Waals surface area (Å²) in [6, 6.07) is 6.83. The van der Waals surface area contributed by atoms with E-state index in [4.69, 9.17) is 14.2 Å². The highest BCUT2D eigenvalue weighted by Gasteiger charge is 2.54. The van der Waals surface area contributed by atoms with Gasteiger partial charge in [-0.1, -0.05) is 25.0 Å². The molecule has 2 aliphatic rings. The first-order valence-corrected chi connectivity index (χ1v) is 12.6. The SMILES string of the molecule is CC[C@H](NC(=O)OC(C)(C)C)C(=O)O[C@@]1(C#Cc2cccc(C)c2)CCC[C@@H]2[C@H]1CCN2C(=O)OC. The number of fused-ring (bicyclic) bond motifs is 1. The fraction of sp³-hybridized carbons (Fsp3) is 0.607. The largest absolute Gasteiger partial charge is 0.453 e. The minimum absolute atomic E-state index is 0.135. The molecule has 1 aliphatic carbocycles. The van der Waals surface area contributed by atoms with Crippen molar-refractivity contribution >= 4 is 18.2 Å². The Morgan fingerprint density at radius 3 is 2.64 bits per heavy atom. The van der Waals surface area contributed by atoms with Crippen LogP contribution in [-0.4, -0.2) is 60.0 Å². The van der Waals surface area contributed by atoms with Gasteiger partial charge in [0.15, 0.2) is 5.60 Å². The lowest BCUT2D eigenvalue weighted by Crippen LogP contribution is -2.54. The molecule has 0 bridgehead atoms. The van der Waals surface area contributed by atoms with Crippen LogP contribution in [-0.2, 0) is 19.0 Å². The molecule has 8 heteroatoms. The van der Waals surface area contributed by atoms with Crippen LogP contribution in [0.4, 0.5) is 9.59 Å². The Bertz CT molecular complexity index is 1040. The van der Waals surface area contributed by atoms with Crippen molar-refractivity contribution in [3.05, 3.63) is 35.4 Å². The lowest BCUT2D eigenvalue weighted by atomic mass is 9.72. The number of likely N-dealkylation sites (tertiary alicyclic amines) is 1. The van der Waals surface area contributed by atoms with Gasteiger partial charge in [-0.15, -0.1) is 0 Å². The highest BCUT2D eigenvalue weighted by atomic mass is 16.6. The van der Waals surface area contributed by atoms with Crippen LogP contribution >= 0.6 is 0 Å². The van der Waals surface area contributed by atoms with E-state index >= 15 is 0 Å². The molecule has 3 rings (SSSR count). The molecule has 1 heterocycles. The van der Waals surface area contributed by atoms with Crippen LogP contribution in [0.3, 0.4) is 0 Å². The monoisotopic (exact) mass is 498 g/mol. The average molecular weight is 499 g/mol. The Morgan fingerprint density at radius 1 is 1.25 bits per heavy atom. The van der Waals surface area contributed by atoms with E-state index in [0.717, 1.165) is 24.0 Å². The fourth-order valence-corrected chi connectivity index (χ4v) is 5.09. The molecule has 2 fully saturated rings. The lowest BCUT2D eigenvalue weighted by Gasteiger charge is -2.43. The summed E-state index contributed by atoms with van der Waals surface area (Å²) in [6.45, 7) is 9.59. The normalized spacial score (nSPS) is 24.0. The topological polar surface area (TPSA) is 94.2 Å². The van der Waals surface area contributed by atoms with E-state index in [2.05, 4.69) is 17.2 Å². The lowest BCUT2D eigenvalue weighted by molar-refractivity contribution is -0.165. The Balaban J connectivity index is 1.91. The number of ether oxygens (including phenoxy) is 3. The van der Waals surface area contributed by atoms with Crippen LogP contribution in [0.15, 0.2) is 24.3 Å². The number of amides is 2. The zero-order valence-electron chi connectivity index (χ0n) is 22.2. The highest BCUT2D eigenvalue weighted by Crippen LogP contribution is 2.45. The van der Waals surface area contributed by atoms with E-state index in [1.54, 1.807) is 32.6 Å². The number of benzene rings is 1. The molecule has 1 N–H and O–H groups in total. The standard InChI is InChI=1S/C28H38N2O6/c1-7-22(29-25(32)36-27(3,4)5)24(31)35-28(16-13-20-11-8-10-19(2)18-20)15-9-12-23-21(28)14-17-30(23)26(33)34-6/h8,10-11,18,21-23H,7,9,12,14-15,17H2,1-6H3,(H,29,32)/t21-,22+,23-,28-/m1/s1. The summed E-state index contributed by atoms with van der Waals surface area (Å²) in [4.78, 5) is 39.9. The van der Waals surface area contributed by atoms with Crippen LogP contribution in [0.1, 0.15) is 70.9 Å². The van der Waals surface area contributed by atoms with Crippen LogP contribution in [0.25, 0.3) is 0 Å². The van der Waals surface area contributed by atoms with Crippen molar-refractivity contribution in [3.63, 3.8) is 0 Å². The third-order valence-electron chi connectivity index (χ3n) is 6.70. The predicted molar refractivity (Wildman–Crippen MR) is 135 cm³/mol. The van der Waals surface area contributed by atoms with Gasteiger partial charge in [-0.2, -0.15) is 0 Å². The van der Waals surface area contributed by atoms with Crippen molar-refractivity contribution in [1.82, 2.24) is 10.2 Å². The summed E-state index contributed by atoms with van der Waals surface area (Å²) in [6.07, 6.45) is 2.00. The third kappa shape index (κ3) is 6.51. The van der Waals surface area contributed by atoms with Crippen molar-refractivity contribution in [2.45, 2.75) is 90.0 Å². The van der Waals surface area contributed by atoms with Gasteiger partial charge >= 0.3 is 18.2 Å². The first-order chi connectivity index (χ1) is 17.0.